The van der Waals surface area contributed by atoms with Crippen LogP contribution in [0.15, 0.2) is 36.4 Å². The largest absolute Gasteiger partial charge is 0.367 e. The van der Waals surface area contributed by atoms with E-state index in [2.05, 4.69) is 38.4 Å². The third-order valence-corrected chi connectivity index (χ3v) is 4.27. The minimum atomic E-state index is 0.554. The van der Waals surface area contributed by atoms with Gasteiger partial charge in [0.15, 0.2) is 0 Å². The van der Waals surface area contributed by atoms with Gasteiger partial charge >= 0.3 is 0 Å². The third kappa shape index (κ3) is 3.56. The lowest BCUT2D eigenvalue weighted by atomic mass is 9.95. The zero-order chi connectivity index (χ0) is 15.4. The zero-order valence-corrected chi connectivity index (χ0v) is 13.4. The second-order valence-electron chi connectivity index (χ2n) is 6.03. The van der Waals surface area contributed by atoms with Gasteiger partial charge in [0.1, 0.15) is 17.5 Å². The van der Waals surface area contributed by atoms with Crippen molar-refractivity contribution in [3.63, 3.8) is 0 Å². The summed E-state index contributed by atoms with van der Waals surface area (Å²) in [5.74, 6) is 2.67. The molecule has 0 amide bonds. The van der Waals surface area contributed by atoms with E-state index in [1.54, 1.807) is 0 Å². The van der Waals surface area contributed by atoms with Crippen LogP contribution in [0.25, 0.3) is 0 Å². The van der Waals surface area contributed by atoms with E-state index in [1.165, 1.54) is 32.1 Å². The van der Waals surface area contributed by atoms with Gasteiger partial charge in [0.25, 0.3) is 0 Å². The van der Waals surface area contributed by atoms with Crippen molar-refractivity contribution in [1.29, 1.82) is 0 Å². The Hall–Kier alpha value is -2.10. The lowest BCUT2D eigenvalue weighted by molar-refractivity contribution is 0.461. The summed E-state index contributed by atoms with van der Waals surface area (Å²) in [5, 5.41) is 3.59. The second-order valence-corrected chi connectivity index (χ2v) is 6.03. The van der Waals surface area contributed by atoms with E-state index in [0.717, 1.165) is 23.1 Å². The van der Waals surface area contributed by atoms with Crippen molar-refractivity contribution in [3.8, 4) is 0 Å². The van der Waals surface area contributed by atoms with Gasteiger partial charge in [-0.3, -0.25) is 0 Å². The van der Waals surface area contributed by atoms with Crippen LogP contribution in [0.2, 0.25) is 0 Å². The normalized spacial score (nSPS) is 15.5. The number of para-hydroxylation sites is 1. The van der Waals surface area contributed by atoms with Gasteiger partial charge < -0.3 is 10.2 Å². The Morgan fingerprint density at radius 3 is 2.50 bits per heavy atom. The number of hydrogen-bond donors (Lipinski definition) is 1. The Labute approximate surface area is 132 Å². The summed E-state index contributed by atoms with van der Waals surface area (Å²) in [6, 6.07) is 12.9. The average Bonchev–Trinajstić information content (AvgIpc) is 2.55. The lowest BCUT2D eigenvalue weighted by Gasteiger charge is -2.24. The van der Waals surface area contributed by atoms with Crippen molar-refractivity contribution < 1.29 is 0 Å². The van der Waals surface area contributed by atoms with E-state index in [4.69, 9.17) is 0 Å². The maximum atomic E-state index is 4.58. The summed E-state index contributed by atoms with van der Waals surface area (Å²) in [6.45, 7) is 1.95. The first-order valence-electron chi connectivity index (χ1n) is 8.13. The quantitative estimate of drug-likeness (QED) is 0.913. The van der Waals surface area contributed by atoms with Crippen LogP contribution in [0.5, 0.6) is 0 Å². The number of nitrogens with one attached hydrogen (secondary N) is 1. The standard InChI is InChI=1S/C18H24N4/c1-14-19-17(21-15-9-5-3-6-10-15)13-18(20-14)22(2)16-11-7-4-8-12-16/h4,7-8,11-13,15H,3,5-6,9-10H2,1-2H3,(H,19,20,21). The summed E-state index contributed by atoms with van der Waals surface area (Å²) in [4.78, 5) is 11.2. The average molecular weight is 296 g/mol. The first kappa shape index (κ1) is 14.8. The molecular formula is C18H24N4. The number of anilines is 3. The Kier molecular flexibility index (Phi) is 4.56. The fourth-order valence-electron chi connectivity index (χ4n) is 3.04. The topological polar surface area (TPSA) is 41.1 Å². The van der Waals surface area contributed by atoms with Gasteiger partial charge in [0.2, 0.25) is 0 Å². The molecule has 0 bridgehead atoms. The highest BCUT2D eigenvalue weighted by Gasteiger charge is 2.15. The van der Waals surface area contributed by atoms with E-state index in [9.17, 15) is 0 Å². The van der Waals surface area contributed by atoms with Gasteiger partial charge in [-0.15, -0.1) is 0 Å². The first-order valence-corrected chi connectivity index (χ1v) is 8.13. The van der Waals surface area contributed by atoms with Crippen LogP contribution in [-0.4, -0.2) is 23.1 Å². The maximum Gasteiger partial charge on any atom is 0.138 e. The summed E-state index contributed by atoms with van der Waals surface area (Å²) in [6.07, 6.45) is 6.49. The zero-order valence-electron chi connectivity index (χ0n) is 13.4. The molecule has 1 fully saturated rings. The van der Waals surface area contributed by atoms with Gasteiger partial charge in [0, 0.05) is 24.8 Å². The number of aromatic nitrogens is 2. The van der Waals surface area contributed by atoms with Gasteiger partial charge in [-0.1, -0.05) is 37.5 Å². The molecule has 1 aliphatic carbocycles. The monoisotopic (exact) mass is 296 g/mol. The summed E-state index contributed by atoms with van der Waals surface area (Å²) >= 11 is 0. The number of rotatable bonds is 4. The number of nitrogens with zero attached hydrogens (tertiary/aromatic N) is 3. The molecule has 0 spiro atoms. The van der Waals surface area contributed by atoms with Crippen molar-refractivity contribution in [2.24, 2.45) is 0 Å². The van der Waals surface area contributed by atoms with Crippen molar-refractivity contribution in [1.82, 2.24) is 9.97 Å². The molecule has 4 heteroatoms. The molecule has 0 aliphatic heterocycles. The highest BCUT2D eigenvalue weighted by molar-refractivity contribution is 5.61. The minimum absolute atomic E-state index is 0.554. The SMILES string of the molecule is Cc1nc(NC2CCCCC2)cc(N(C)c2ccccc2)n1. The highest BCUT2D eigenvalue weighted by atomic mass is 15.2. The highest BCUT2D eigenvalue weighted by Crippen LogP contribution is 2.25. The molecule has 1 N–H and O–H groups in total. The maximum absolute atomic E-state index is 4.58. The second kappa shape index (κ2) is 6.77. The number of aryl methyl sites for hydroxylation is 1. The number of hydrogen-bond acceptors (Lipinski definition) is 4. The van der Waals surface area contributed by atoms with Gasteiger partial charge in [-0.25, -0.2) is 9.97 Å². The Morgan fingerprint density at radius 2 is 1.77 bits per heavy atom. The van der Waals surface area contributed by atoms with E-state index >= 15 is 0 Å². The van der Waals surface area contributed by atoms with Crippen molar-refractivity contribution >= 4 is 17.3 Å². The van der Waals surface area contributed by atoms with Crippen LogP contribution in [-0.2, 0) is 0 Å². The van der Waals surface area contributed by atoms with Crippen LogP contribution in [0, 0.1) is 6.92 Å². The van der Waals surface area contributed by atoms with Crippen LogP contribution in [0.4, 0.5) is 17.3 Å². The Balaban J connectivity index is 1.80. The molecule has 0 radical (unpaired) electrons. The molecule has 1 aliphatic rings. The molecule has 1 aromatic carbocycles. The molecule has 22 heavy (non-hydrogen) atoms. The van der Waals surface area contributed by atoms with Crippen molar-refractivity contribution in [3.05, 3.63) is 42.2 Å². The van der Waals surface area contributed by atoms with Crippen molar-refractivity contribution in [2.75, 3.05) is 17.3 Å². The third-order valence-electron chi connectivity index (χ3n) is 4.27. The van der Waals surface area contributed by atoms with E-state index in [1.807, 2.05) is 32.2 Å². The molecule has 0 atom stereocenters. The van der Waals surface area contributed by atoms with Gasteiger partial charge in [-0.05, 0) is 31.9 Å². The van der Waals surface area contributed by atoms with Gasteiger partial charge in [0.05, 0.1) is 0 Å². The van der Waals surface area contributed by atoms with Gasteiger partial charge in [-0.2, -0.15) is 0 Å². The van der Waals surface area contributed by atoms with Crippen LogP contribution in [0.3, 0.4) is 0 Å². The fraction of sp³-hybridized carbons (Fsp3) is 0.444. The summed E-state index contributed by atoms with van der Waals surface area (Å²) in [7, 11) is 2.04. The smallest absolute Gasteiger partial charge is 0.138 e. The van der Waals surface area contributed by atoms with Crippen LogP contribution in [0.1, 0.15) is 37.9 Å². The predicted octanol–water partition coefficient (Wildman–Crippen LogP) is 4.30. The van der Waals surface area contributed by atoms with E-state index in [0.29, 0.717) is 6.04 Å². The molecule has 3 rings (SSSR count). The molecule has 0 saturated heterocycles. The Bertz CT molecular complexity index is 606. The van der Waals surface area contributed by atoms with Crippen LogP contribution < -0.4 is 10.2 Å². The Morgan fingerprint density at radius 1 is 1.05 bits per heavy atom. The van der Waals surface area contributed by atoms with E-state index in [-0.39, 0.29) is 0 Å². The molecule has 1 heterocycles. The molecule has 116 valence electrons. The minimum Gasteiger partial charge on any atom is -0.367 e. The molecule has 1 aromatic heterocycles. The molecule has 1 saturated carbocycles. The van der Waals surface area contributed by atoms with Crippen molar-refractivity contribution in [2.45, 2.75) is 45.1 Å². The molecule has 2 aromatic rings. The molecule has 0 unspecified atom stereocenters. The fourth-order valence-corrected chi connectivity index (χ4v) is 3.04. The van der Waals surface area contributed by atoms with Crippen LogP contribution >= 0.6 is 0 Å². The summed E-state index contributed by atoms with van der Waals surface area (Å²) < 4.78 is 0. The molecule has 4 nitrogen and oxygen atoms in total. The first-order chi connectivity index (χ1) is 10.7. The summed E-state index contributed by atoms with van der Waals surface area (Å²) in [5.41, 5.74) is 1.13. The lowest BCUT2D eigenvalue weighted by Crippen LogP contribution is -2.23. The number of benzene rings is 1. The van der Waals surface area contributed by atoms with E-state index < -0.39 is 0 Å². The predicted molar refractivity (Wildman–Crippen MR) is 91.8 cm³/mol. The molecular weight excluding hydrogens is 272 g/mol.